The van der Waals surface area contributed by atoms with Crippen molar-refractivity contribution in [2.45, 2.75) is 46.2 Å². The molecule has 4 nitrogen and oxygen atoms in total. The van der Waals surface area contributed by atoms with Gasteiger partial charge in [0.15, 0.2) is 5.43 Å². The maximum Gasteiger partial charge on any atom is 0.186 e. The Morgan fingerprint density at radius 2 is 2.00 bits per heavy atom. The van der Waals surface area contributed by atoms with Crippen molar-refractivity contribution < 1.29 is 0 Å². The van der Waals surface area contributed by atoms with Gasteiger partial charge in [-0.05, 0) is 47.2 Å². The lowest BCUT2D eigenvalue weighted by atomic mass is 10.1. The van der Waals surface area contributed by atoms with Gasteiger partial charge in [-0.1, -0.05) is 0 Å². The van der Waals surface area contributed by atoms with Crippen molar-refractivity contribution >= 4 is 0 Å². The molecule has 0 saturated carbocycles. The molecule has 0 aliphatic carbocycles. The zero-order chi connectivity index (χ0) is 13.6. The van der Waals surface area contributed by atoms with Crippen LogP contribution in [0.15, 0.2) is 17.1 Å². The molecule has 1 aromatic rings. The van der Waals surface area contributed by atoms with Crippen molar-refractivity contribution in [2.24, 2.45) is 0 Å². The highest BCUT2D eigenvalue weighted by atomic mass is 16.1. The number of hydrogen-bond donors (Lipinski definition) is 3. The van der Waals surface area contributed by atoms with Crippen LogP contribution in [0.25, 0.3) is 0 Å². The van der Waals surface area contributed by atoms with Gasteiger partial charge in [0.2, 0.25) is 0 Å². The maximum absolute atomic E-state index is 11.6. The Bertz CT molecular complexity index is 418. The molecule has 0 spiro atoms. The van der Waals surface area contributed by atoms with Crippen LogP contribution in [0.4, 0.5) is 0 Å². The Morgan fingerprint density at radius 3 is 2.61 bits per heavy atom. The van der Waals surface area contributed by atoms with Crippen molar-refractivity contribution in [3.8, 4) is 0 Å². The third-order valence-corrected chi connectivity index (χ3v) is 2.64. The van der Waals surface area contributed by atoms with E-state index in [0.29, 0.717) is 6.54 Å². The molecule has 0 saturated heterocycles. The molecule has 0 fully saturated rings. The van der Waals surface area contributed by atoms with E-state index in [-0.39, 0.29) is 11.0 Å². The molecule has 3 N–H and O–H groups in total. The molecule has 1 heterocycles. The molecule has 102 valence electrons. The Balaban J connectivity index is 2.20. The number of nitrogens with one attached hydrogen (secondary N) is 3. The van der Waals surface area contributed by atoms with Crippen LogP contribution in [-0.4, -0.2) is 23.6 Å². The van der Waals surface area contributed by atoms with Crippen LogP contribution in [0, 0.1) is 6.92 Å². The monoisotopic (exact) mass is 251 g/mol. The van der Waals surface area contributed by atoms with Gasteiger partial charge in [-0.15, -0.1) is 0 Å². The lowest BCUT2D eigenvalue weighted by Gasteiger charge is -2.20. The minimum atomic E-state index is 0.103. The van der Waals surface area contributed by atoms with Crippen LogP contribution in [-0.2, 0) is 6.54 Å². The Kier molecular flexibility index (Phi) is 5.56. The fourth-order valence-corrected chi connectivity index (χ4v) is 1.64. The second kappa shape index (κ2) is 6.71. The first kappa shape index (κ1) is 14.9. The number of hydrogen-bond acceptors (Lipinski definition) is 3. The van der Waals surface area contributed by atoms with Gasteiger partial charge in [-0.2, -0.15) is 0 Å². The molecular formula is C14H25N3O. The number of aromatic amines is 1. The summed E-state index contributed by atoms with van der Waals surface area (Å²) in [6.07, 6.45) is 2.85. The quantitative estimate of drug-likeness (QED) is 0.672. The van der Waals surface area contributed by atoms with Gasteiger partial charge in [0.1, 0.15) is 0 Å². The van der Waals surface area contributed by atoms with Crippen LogP contribution in [0.2, 0.25) is 0 Å². The highest BCUT2D eigenvalue weighted by Gasteiger charge is 2.06. The minimum Gasteiger partial charge on any atom is -0.365 e. The van der Waals surface area contributed by atoms with E-state index in [4.69, 9.17) is 0 Å². The molecular weight excluding hydrogens is 226 g/mol. The second-order valence-electron chi connectivity index (χ2n) is 5.71. The summed E-state index contributed by atoms with van der Waals surface area (Å²) in [5.41, 5.74) is 1.97. The van der Waals surface area contributed by atoms with Crippen LogP contribution in [0.3, 0.4) is 0 Å². The third kappa shape index (κ3) is 5.98. The summed E-state index contributed by atoms with van der Waals surface area (Å²) in [6, 6.07) is 1.64. The molecule has 4 heteroatoms. The molecule has 1 aromatic heterocycles. The molecule has 0 bridgehead atoms. The molecule has 0 atom stereocenters. The van der Waals surface area contributed by atoms with E-state index in [1.807, 2.05) is 6.92 Å². The maximum atomic E-state index is 11.6. The lowest BCUT2D eigenvalue weighted by Crippen LogP contribution is -2.37. The molecule has 1 rings (SSSR count). The lowest BCUT2D eigenvalue weighted by molar-refractivity contribution is 0.418. The van der Waals surface area contributed by atoms with Gasteiger partial charge < -0.3 is 15.6 Å². The first-order chi connectivity index (χ1) is 8.38. The van der Waals surface area contributed by atoms with E-state index in [0.717, 1.165) is 30.8 Å². The van der Waals surface area contributed by atoms with Gasteiger partial charge in [0, 0.05) is 35.6 Å². The number of H-pyrrole nitrogens is 1. The molecule has 0 aromatic carbocycles. The van der Waals surface area contributed by atoms with Gasteiger partial charge in [0.25, 0.3) is 0 Å². The van der Waals surface area contributed by atoms with E-state index < -0.39 is 0 Å². The zero-order valence-corrected chi connectivity index (χ0v) is 11.9. The van der Waals surface area contributed by atoms with E-state index in [2.05, 4.69) is 36.4 Å². The summed E-state index contributed by atoms with van der Waals surface area (Å²) in [7, 11) is 0. The number of aromatic nitrogens is 1. The van der Waals surface area contributed by atoms with Crippen molar-refractivity contribution in [1.29, 1.82) is 0 Å². The van der Waals surface area contributed by atoms with Crippen LogP contribution in [0.5, 0.6) is 0 Å². The highest BCUT2D eigenvalue weighted by molar-refractivity contribution is 5.13. The molecule has 0 aliphatic rings. The fourth-order valence-electron chi connectivity index (χ4n) is 1.64. The summed E-state index contributed by atoms with van der Waals surface area (Å²) in [5.74, 6) is 0. The van der Waals surface area contributed by atoms with E-state index in [1.165, 1.54) is 0 Å². The second-order valence-corrected chi connectivity index (χ2v) is 5.71. The summed E-state index contributed by atoms with van der Waals surface area (Å²) in [6.45, 7) is 10.9. The topological polar surface area (TPSA) is 56.9 Å². The predicted octanol–water partition coefficient (Wildman–Crippen LogP) is 1.55. The van der Waals surface area contributed by atoms with Crippen LogP contribution < -0.4 is 16.1 Å². The van der Waals surface area contributed by atoms with Gasteiger partial charge in [-0.25, -0.2) is 0 Å². The molecule has 0 unspecified atom stereocenters. The van der Waals surface area contributed by atoms with Gasteiger partial charge >= 0.3 is 0 Å². The van der Waals surface area contributed by atoms with Gasteiger partial charge in [-0.3, -0.25) is 4.79 Å². The first-order valence-corrected chi connectivity index (χ1v) is 6.52. The normalized spacial score (nSPS) is 11.8. The fraction of sp³-hybridized carbons (Fsp3) is 0.643. The predicted molar refractivity (Wildman–Crippen MR) is 75.9 cm³/mol. The highest BCUT2D eigenvalue weighted by Crippen LogP contribution is 1.97. The number of aryl methyl sites for hydroxylation is 1. The average molecular weight is 251 g/mol. The zero-order valence-electron chi connectivity index (χ0n) is 11.9. The largest absolute Gasteiger partial charge is 0.365 e. The van der Waals surface area contributed by atoms with Crippen molar-refractivity contribution in [1.82, 2.24) is 15.6 Å². The van der Waals surface area contributed by atoms with Crippen LogP contribution in [0.1, 0.15) is 38.4 Å². The standard InChI is InChI=1S/C14H25N3O/c1-11-8-13(18)12(10-16-11)9-15-6-5-7-17-14(2,3)4/h8,10,15,17H,5-7,9H2,1-4H3,(H,16,18). The first-order valence-electron chi connectivity index (χ1n) is 6.52. The number of rotatable bonds is 6. The molecule has 0 aliphatic heterocycles. The van der Waals surface area contributed by atoms with Gasteiger partial charge in [0.05, 0.1) is 0 Å². The van der Waals surface area contributed by atoms with Crippen molar-refractivity contribution in [3.63, 3.8) is 0 Å². The smallest absolute Gasteiger partial charge is 0.186 e. The summed E-state index contributed by atoms with van der Waals surface area (Å²) in [4.78, 5) is 14.7. The van der Waals surface area contributed by atoms with Crippen LogP contribution >= 0.6 is 0 Å². The van der Waals surface area contributed by atoms with Crippen molar-refractivity contribution in [2.75, 3.05) is 13.1 Å². The average Bonchev–Trinajstić information content (AvgIpc) is 2.24. The van der Waals surface area contributed by atoms with Crippen molar-refractivity contribution in [3.05, 3.63) is 33.7 Å². The van der Waals surface area contributed by atoms with E-state index in [9.17, 15) is 4.79 Å². The molecule has 18 heavy (non-hydrogen) atoms. The third-order valence-electron chi connectivity index (χ3n) is 2.64. The summed E-state index contributed by atoms with van der Waals surface area (Å²) >= 11 is 0. The summed E-state index contributed by atoms with van der Waals surface area (Å²) in [5, 5.41) is 6.72. The van der Waals surface area contributed by atoms with E-state index in [1.54, 1.807) is 12.3 Å². The molecule has 0 radical (unpaired) electrons. The Hall–Kier alpha value is -1.13. The summed E-state index contributed by atoms with van der Waals surface area (Å²) < 4.78 is 0. The molecule has 0 amide bonds. The minimum absolute atomic E-state index is 0.103. The van der Waals surface area contributed by atoms with E-state index >= 15 is 0 Å². The Labute approximate surface area is 109 Å². The number of pyridine rings is 1. The SMILES string of the molecule is Cc1cc(=O)c(CNCCCNC(C)(C)C)c[nH]1. The Morgan fingerprint density at radius 1 is 1.28 bits per heavy atom.